The molecule has 0 aromatic heterocycles. The van der Waals surface area contributed by atoms with Crippen molar-refractivity contribution >= 4 is 0 Å². The number of hydrogen-bond acceptors (Lipinski definition) is 2. The second kappa shape index (κ2) is 7.57. The Kier molecular flexibility index (Phi) is 5.35. The van der Waals surface area contributed by atoms with Crippen molar-refractivity contribution in [3.8, 4) is 12.1 Å². The maximum Gasteiger partial charge on any atom is 0.416 e. The Bertz CT molecular complexity index is 841. The maximum absolute atomic E-state index is 13.7. The predicted molar refractivity (Wildman–Crippen MR) is 106 cm³/mol. The number of alkyl halides is 3. The summed E-state index contributed by atoms with van der Waals surface area (Å²) in [5, 5.41) is 20.9. The lowest BCUT2D eigenvalue weighted by Gasteiger charge is -2.61. The van der Waals surface area contributed by atoms with E-state index in [-0.39, 0.29) is 29.9 Å². The average Bonchev–Trinajstić information content (AvgIpc) is 2.76. The van der Waals surface area contributed by atoms with Crippen molar-refractivity contribution in [2.75, 3.05) is 0 Å². The zero-order valence-electron chi connectivity index (χ0n) is 17.4. The second-order valence-corrected chi connectivity index (χ2v) is 9.54. The zero-order chi connectivity index (χ0) is 21.6. The molecule has 160 valence electrons. The molecule has 1 aliphatic heterocycles. The van der Waals surface area contributed by atoms with Gasteiger partial charge in [-0.25, -0.2) is 0 Å². The summed E-state index contributed by atoms with van der Waals surface area (Å²) >= 11 is 0. The molecule has 2 aliphatic carbocycles. The van der Waals surface area contributed by atoms with Crippen molar-refractivity contribution in [3.05, 3.63) is 35.4 Å². The van der Waals surface area contributed by atoms with E-state index in [2.05, 4.69) is 19.1 Å². The van der Waals surface area contributed by atoms with Crippen molar-refractivity contribution in [2.24, 2.45) is 17.8 Å². The summed E-state index contributed by atoms with van der Waals surface area (Å²) in [5.41, 5.74) is -2.02. The van der Waals surface area contributed by atoms with Crippen molar-refractivity contribution < 1.29 is 18.1 Å². The molecule has 1 N–H and O–H groups in total. The Balaban J connectivity index is 1.88. The molecule has 0 radical (unpaired) electrons. The van der Waals surface area contributed by atoms with Crippen molar-refractivity contribution in [3.63, 3.8) is 0 Å². The van der Waals surface area contributed by atoms with Gasteiger partial charge in [-0.05, 0) is 37.7 Å². The van der Waals surface area contributed by atoms with Crippen LogP contribution in [0.5, 0.6) is 0 Å². The van der Waals surface area contributed by atoms with E-state index in [1.54, 1.807) is 6.07 Å². The third kappa shape index (κ3) is 3.04. The third-order valence-corrected chi connectivity index (χ3v) is 8.37. The van der Waals surface area contributed by atoms with E-state index in [1.165, 1.54) is 12.1 Å². The Morgan fingerprint density at radius 1 is 0.967 bits per heavy atom. The van der Waals surface area contributed by atoms with Crippen LogP contribution in [0.4, 0.5) is 13.2 Å². The fourth-order valence-electron chi connectivity index (χ4n) is 7.12. The Morgan fingerprint density at radius 3 is 2.00 bits per heavy atom. The first kappa shape index (κ1) is 21.2. The number of nitriles is 2. The number of benzene rings is 1. The first-order valence-electron chi connectivity index (χ1n) is 11.1. The maximum atomic E-state index is 13.7. The summed E-state index contributed by atoms with van der Waals surface area (Å²) in [6.07, 6.45) is 2.64. The van der Waals surface area contributed by atoms with E-state index in [0.717, 1.165) is 49.5 Å². The highest BCUT2D eigenvalue weighted by atomic mass is 19.4. The molecule has 0 spiro atoms. The van der Waals surface area contributed by atoms with Crippen LogP contribution in [0.15, 0.2) is 24.3 Å². The van der Waals surface area contributed by atoms with Gasteiger partial charge in [0, 0.05) is 30.2 Å². The second-order valence-electron chi connectivity index (χ2n) is 9.54. The van der Waals surface area contributed by atoms with Crippen LogP contribution in [0, 0.1) is 40.4 Å². The fraction of sp³-hybridized carbons (Fsp3) is 0.667. The fourth-order valence-corrected chi connectivity index (χ4v) is 7.12. The summed E-state index contributed by atoms with van der Waals surface area (Å²) in [6.45, 7) is 2.26. The van der Waals surface area contributed by atoms with Gasteiger partial charge in [-0.3, -0.25) is 4.90 Å². The first-order chi connectivity index (χ1) is 14.3. The normalized spacial score (nSPS) is 38.6. The molecule has 2 saturated carbocycles. The summed E-state index contributed by atoms with van der Waals surface area (Å²) in [7, 11) is 0. The van der Waals surface area contributed by atoms with Crippen molar-refractivity contribution in [2.45, 2.75) is 82.1 Å². The molecule has 1 aromatic carbocycles. The highest BCUT2D eigenvalue weighted by Gasteiger charge is 2.68. The number of nitrogens with one attached hydrogen (secondary N) is 1. The number of fused-ring (bicyclic) bond motifs is 2. The topological polar surface area (TPSA) is 52.0 Å². The standard InChI is InChI=1S/C24H28F3N3/c1-17-19-9-4-6-12-22(19,15-28)30(23(16-29)13-7-5-10-20(17)23)14-18-8-2-3-11-21(18)24(25,26)27/h2-3,8,11,17,19-20H,4-7,9-10,12-14H2,1H3/p+1/t17?,19-,20+,22-,23+. The van der Waals surface area contributed by atoms with Gasteiger partial charge in [0.2, 0.25) is 0 Å². The largest absolute Gasteiger partial charge is 0.416 e. The SMILES string of the molecule is CC1[C@H]2CCCC[C@]2(C#N)[NH+](Cc2ccccc2C(F)(F)F)[C@]2(C#N)CCCC[C@@H]12. The van der Waals surface area contributed by atoms with Gasteiger partial charge in [0.1, 0.15) is 18.7 Å². The van der Waals surface area contributed by atoms with Gasteiger partial charge in [-0.1, -0.05) is 38.0 Å². The molecule has 0 amide bonds. The molecule has 6 heteroatoms. The lowest BCUT2D eigenvalue weighted by atomic mass is 9.52. The number of nitrogens with zero attached hydrogens (tertiary/aromatic N) is 2. The van der Waals surface area contributed by atoms with Gasteiger partial charge < -0.3 is 0 Å². The van der Waals surface area contributed by atoms with Crippen molar-refractivity contribution in [1.29, 1.82) is 10.5 Å². The molecule has 2 unspecified atom stereocenters. The van der Waals surface area contributed by atoms with Crippen molar-refractivity contribution in [1.82, 2.24) is 0 Å². The molecule has 30 heavy (non-hydrogen) atoms. The molecule has 0 bridgehead atoms. The zero-order valence-corrected chi connectivity index (χ0v) is 17.4. The van der Waals surface area contributed by atoms with Crippen LogP contribution in [-0.2, 0) is 12.7 Å². The van der Waals surface area contributed by atoms with E-state index < -0.39 is 22.8 Å². The minimum Gasteiger partial charge on any atom is -0.297 e. The summed E-state index contributed by atoms with van der Waals surface area (Å²) in [6, 6.07) is 10.9. The van der Waals surface area contributed by atoms with Crippen LogP contribution in [-0.4, -0.2) is 11.1 Å². The summed E-state index contributed by atoms with van der Waals surface area (Å²) in [5.74, 6) is 0.509. The van der Waals surface area contributed by atoms with Gasteiger partial charge in [0.25, 0.3) is 0 Å². The number of rotatable bonds is 2. The molecule has 1 saturated heterocycles. The van der Waals surface area contributed by atoms with Gasteiger partial charge in [-0.15, -0.1) is 0 Å². The van der Waals surface area contributed by atoms with Gasteiger partial charge >= 0.3 is 6.18 Å². The van der Waals surface area contributed by atoms with E-state index in [1.807, 2.05) is 0 Å². The van der Waals surface area contributed by atoms with Crippen LogP contribution in [0.2, 0.25) is 0 Å². The Hall–Kier alpha value is -2.05. The highest BCUT2D eigenvalue weighted by molar-refractivity contribution is 5.30. The molecule has 1 heterocycles. The van der Waals surface area contributed by atoms with Crippen LogP contribution in [0.25, 0.3) is 0 Å². The van der Waals surface area contributed by atoms with E-state index in [4.69, 9.17) is 0 Å². The third-order valence-electron chi connectivity index (χ3n) is 8.37. The number of likely N-dealkylation sites (tertiary alicyclic amines) is 1. The summed E-state index contributed by atoms with van der Waals surface area (Å²) in [4.78, 5) is 0.796. The van der Waals surface area contributed by atoms with Crippen LogP contribution in [0.3, 0.4) is 0 Å². The van der Waals surface area contributed by atoms with E-state index in [0.29, 0.717) is 12.8 Å². The molecular weight excluding hydrogens is 387 g/mol. The minimum absolute atomic E-state index is 0.0799. The van der Waals surface area contributed by atoms with Crippen LogP contribution in [0.1, 0.15) is 69.4 Å². The lowest BCUT2D eigenvalue weighted by Crippen LogP contribution is -3.29. The van der Waals surface area contributed by atoms with Gasteiger partial charge in [0.05, 0.1) is 5.56 Å². The van der Waals surface area contributed by atoms with E-state index in [9.17, 15) is 23.7 Å². The molecule has 4 rings (SSSR count). The highest BCUT2D eigenvalue weighted by Crippen LogP contribution is 2.50. The van der Waals surface area contributed by atoms with Crippen LogP contribution < -0.4 is 4.90 Å². The number of piperidine rings is 1. The average molecular weight is 417 g/mol. The molecule has 3 fully saturated rings. The van der Waals surface area contributed by atoms with Gasteiger partial charge in [0.15, 0.2) is 11.1 Å². The number of quaternary nitrogens is 1. The smallest absolute Gasteiger partial charge is 0.297 e. The molecular formula is C24H29F3N3+. The summed E-state index contributed by atoms with van der Waals surface area (Å²) < 4.78 is 41.2. The number of halogens is 3. The molecule has 3 nitrogen and oxygen atoms in total. The molecule has 1 aromatic rings. The predicted octanol–water partition coefficient (Wildman–Crippen LogP) is 4.65. The van der Waals surface area contributed by atoms with Crippen LogP contribution >= 0.6 is 0 Å². The number of hydrogen-bond donors (Lipinski definition) is 1. The minimum atomic E-state index is -4.45. The Morgan fingerprint density at radius 2 is 1.50 bits per heavy atom. The first-order valence-corrected chi connectivity index (χ1v) is 11.1. The quantitative estimate of drug-likeness (QED) is 0.763. The molecule has 3 aliphatic rings. The lowest BCUT2D eigenvalue weighted by molar-refractivity contribution is -1.01. The molecule has 6 atom stereocenters. The Labute approximate surface area is 176 Å². The monoisotopic (exact) mass is 416 g/mol. The van der Waals surface area contributed by atoms with Gasteiger partial charge in [-0.2, -0.15) is 23.7 Å². The van der Waals surface area contributed by atoms with E-state index >= 15 is 0 Å².